The number of rotatable bonds is 8. The van der Waals surface area contributed by atoms with Gasteiger partial charge in [-0.3, -0.25) is 9.69 Å². The molecule has 0 aliphatic heterocycles. The van der Waals surface area contributed by atoms with Crippen LogP contribution in [0.25, 0.3) is 0 Å². The molecule has 24 heavy (non-hydrogen) atoms. The molecule has 0 saturated carbocycles. The van der Waals surface area contributed by atoms with E-state index in [2.05, 4.69) is 36.0 Å². The van der Waals surface area contributed by atoms with Crippen LogP contribution in [0.1, 0.15) is 42.1 Å². The minimum atomic E-state index is -0.0867. The lowest BCUT2D eigenvalue weighted by atomic mass is 10.1. The van der Waals surface area contributed by atoms with Crippen molar-refractivity contribution < 1.29 is 9.32 Å². The van der Waals surface area contributed by atoms with E-state index in [9.17, 15) is 4.79 Å². The molecule has 1 amide bonds. The van der Waals surface area contributed by atoms with Crippen LogP contribution >= 0.6 is 0 Å². The van der Waals surface area contributed by atoms with Crippen LogP contribution < -0.4 is 0 Å². The summed E-state index contributed by atoms with van der Waals surface area (Å²) < 4.78 is 5.33. The lowest BCUT2D eigenvalue weighted by molar-refractivity contribution is 0.0778. The van der Waals surface area contributed by atoms with E-state index >= 15 is 0 Å². The Kier molecular flexibility index (Phi) is 6.55. The predicted octanol–water partition coefficient (Wildman–Crippen LogP) is 3.42. The molecule has 0 atom stereocenters. The molecule has 2 rings (SSSR count). The first-order chi connectivity index (χ1) is 11.5. The van der Waals surface area contributed by atoms with E-state index in [1.54, 1.807) is 18.0 Å². The maximum Gasteiger partial charge on any atom is 0.275 e. The molecule has 0 N–H and O–H groups in total. The van der Waals surface area contributed by atoms with Gasteiger partial charge in [-0.15, -0.1) is 0 Å². The molecular formula is C19H27N3O2. The summed E-state index contributed by atoms with van der Waals surface area (Å²) in [6.45, 7) is 6.46. The fraction of sp³-hybridized carbons (Fsp3) is 0.474. The SMILES string of the molecule is CC(C)CCN(C)C(=O)c1cc(CN(C)Cc2ccccc2)on1. The van der Waals surface area contributed by atoms with Gasteiger partial charge in [-0.2, -0.15) is 0 Å². The van der Waals surface area contributed by atoms with Crippen molar-refractivity contribution in [3.8, 4) is 0 Å². The van der Waals surface area contributed by atoms with E-state index in [1.807, 2.05) is 25.2 Å². The van der Waals surface area contributed by atoms with Gasteiger partial charge in [0.1, 0.15) is 0 Å². The van der Waals surface area contributed by atoms with Crippen molar-refractivity contribution in [1.82, 2.24) is 15.0 Å². The summed E-state index contributed by atoms with van der Waals surface area (Å²) in [4.78, 5) is 16.2. The van der Waals surface area contributed by atoms with Crippen LogP contribution in [0, 0.1) is 5.92 Å². The van der Waals surface area contributed by atoms with Crippen LogP contribution in [-0.2, 0) is 13.1 Å². The molecule has 130 valence electrons. The number of carbonyl (C=O) groups is 1. The van der Waals surface area contributed by atoms with Gasteiger partial charge in [0.05, 0.1) is 6.54 Å². The summed E-state index contributed by atoms with van der Waals surface area (Å²) in [6.07, 6.45) is 0.979. The van der Waals surface area contributed by atoms with Gasteiger partial charge in [0, 0.05) is 26.2 Å². The van der Waals surface area contributed by atoms with Gasteiger partial charge in [0.15, 0.2) is 11.5 Å². The van der Waals surface area contributed by atoms with Gasteiger partial charge in [-0.25, -0.2) is 0 Å². The van der Waals surface area contributed by atoms with Gasteiger partial charge in [-0.05, 0) is 24.9 Å². The van der Waals surface area contributed by atoms with Crippen LogP contribution in [0.2, 0.25) is 0 Å². The van der Waals surface area contributed by atoms with Gasteiger partial charge in [0.2, 0.25) is 0 Å². The van der Waals surface area contributed by atoms with E-state index in [1.165, 1.54) is 5.56 Å². The quantitative estimate of drug-likeness (QED) is 0.744. The molecule has 0 bridgehead atoms. The first-order valence-corrected chi connectivity index (χ1v) is 8.39. The Hall–Kier alpha value is -2.14. The summed E-state index contributed by atoms with van der Waals surface area (Å²) in [5.41, 5.74) is 1.62. The minimum Gasteiger partial charge on any atom is -0.359 e. The molecule has 1 aromatic heterocycles. The van der Waals surface area contributed by atoms with Crippen molar-refractivity contribution in [3.63, 3.8) is 0 Å². The average molecular weight is 329 g/mol. The van der Waals surface area contributed by atoms with Gasteiger partial charge >= 0.3 is 0 Å². The number of hydrogen-bond acceptors (Lipinski definition) is 4. The average Bonchev–Trinajstić information content (AvgIpc) is 3.01. The normalized spacial score (nSPS) is 11.2. The maximum atomic E-state index is 12.3. The molecule has 0 radical (unpaired) electrons. The van der Waals surface area contributed by atoms with E-state index < -0.39 is 0 Å². The zero-order valence-corrected chi connectivity index (χ0v) is 15.0. The molecule has 0 aliphatic rings. The molecule has 0 unspecified atom stereocenters. The number of aromatic nitrogens is 1. The Balaban J connectivity index is 1.89. The van der Waals surface area contributed by atoms with Gasteiger partial charge in [0.25, 0.3) is 5.91 Å². The molecule has 0 spiro atoms. The highest BCUT2D eigenvalue weighted by atomic mass is 16.5. The lowest BCUT2D eigenvalue weighted by Gasteiger charge is -2.16. The maximum absolute atomic E-state index is 12.3. The van der Waals surface area contributed by atoms with Crippen molar-refractivity contribution in [2.24, 2.45) is 5.92 Å². The largest absolute Gasteiger partial charge is 0.359 e. The van der Waals surface area contributed by atoms with Crippen molar-refractivity contribution in [2.45, 2.75) is 33.4 Å². The molecule has 5 heteroatoms. The molecule has 0 aliphatic carbocycles. The molecule has 5 nitrogen and oxygen atoms in total. The van der Waals surface area contributed by atoms with E-state index in [0.29, 0.717) is 23.9 Å². The first kappa shape index (κ1) is 18.2. The third-order valence-electron chi connectivity index (χ3n) is 3.89. The van der Waals surface area contributed by atoms with Crippen LogP contribution in [0.3, 0.4) is 0 Å². The lowest BCUT2D eigenvalue weighted by Crippen LogP contribution is -2.28. The summed E-state index contributed by atoms with van der Waals surface area (Å²) in [5, 5.41) is 3.93. The summed E-state index contributed by atoms with van der Waals surface area (Å²) >= 11 is 0. The summed E-state index contributed by atoms with van der Waals surface area (Å²) in [7, 11) is 3.83. The molecule has 1 heterocycles. The van der Waals surface area contributed by atoms with Crippen molar-refractivity contribution in [3.05, 3.63) is 53.4 Å². The minimum absolute atomic E-state index is 0.0867. The fourth-order valence-corrected chi connectivity index (χ4v) is 2.45. The van der Waals surface area contributed by atoms with Crippen LogP contribution in [0.5, 0.6) is 0 Å². The number of amides is 1. The Morgan fingerprint density at radius 3 is 2.54 bits per heavy atom. The monoisotopic (exact) mass is 329 g/mol. The Bertz CT molecular complexity index is 637. The Labute approximate surface area is 144 Å². The Morgan fingerprint density at radius 1 is 1.17 bits per heavy atom. The number of benzene rings is 1. The zero-order chi connectivity index (χ0) is 17.5. The highest BCUT2D eigenvalue weighted by Crippen LogP contribution is 2.11. The van der Waals surface area contributed by atoms with Crippen molar-refractivity contribution >= 4 is 5.91 Å². The van der Waals surface area contributed by atoms with Crippen LogP contribution in [0.15, 0.2) is 40.9 Å². The molecule has 1 aromatic carbocycles. The fourth-order valence-electron chi connectivity index (χ4n) is 2.45. The van der Waals surface area contributed by atoms with E-state index in [-0.39, 0.29) is 5.91 Å². The van der Waals surface area contributed by atoms with E-state index in [4.69, 9.17) is 4.52 Å². The smallest absolute Gasteiger partial charge is 0.275 e. The second kappa shape index (κ2) is 8.64. The molecular weight excluding hydrogens is 302 g/mol. The predicted molar refractivity (Wildman–Crippen MR) is 94.5 cm³/mol. The topological polar surface area (TPSA) is 49.6 Å². The Morgan fingerprint density at radius 2 is 1.88 bits per heavy atom. The molecule has 0 saturated heterocycles. The summed E-state index contributed by atoms with van der Waals surface area (Å²) in [6, 6.07) is 12.0. The second-order valence-electron chi connectivity index (χ2n) is 6.75. The van der Waals surface area contributed by atoms with Crippen LogP contribution in [-0.4, -0.2) is 41.5 Å². The zero-order valence-electron chi connectivity index (χ0n) is 15.0. The summed E-state index contributed by atoms with van der Waals surface area (Å²) in [5.74, 6) is 1.19. The standard InChI is InChI=1S/C19H27N3O2/c1-15(2)10-11-22(4)19(23)18-12-17(24-20-18)14-21(3)13-16-8-6-5-7-9-16/h5-9,12,15H,10-11,13-14H2,1-4H3. The van der Waals surface area contributed by atoms with Crippen molar-refractivity contribution in [2.75, 3.05) is 20.6 Å². The third kappa shape index (κ3) is 5.49. The molecule has 2 aromatic rings. The highest BCUT2D eigenvalue weighted by Gasteiger charge is 2.17. The van der Waals surface area contributed by atoms with Crippen molar-refractivity contribution in [1.29, 1.82) is 0 Å². The molecule has 0 fully saturated rings. The number of hydrogen-bond donors (Lipinski definition) is 0. The second-order valence-corrected chi connectivity index (χ2v) is 6.75. The van der Waals surface area contributed by atoms with E-state index in [0.717, 1.165) is 19.5 Å². The van der Waals surface area contributed by atoms with Gasteiger partial charge in [-0.1, -0.05) is 49.3 Å². The van der Waals surface area contributed by atoms with Crippen LogP contribution in [0.4, 0.5) is 0 Å². The third-order valence-corrected chi connectivity index (χ3v) is 3.89. The first-order valence-electron chi connectivity index (χ1n) is 8.39. The number of nitrogens with zero attached hydrogens (tertiary/aromatic N) is 3. The van der Waals surface area contributed by atoms with Gasteiger partial charge < -0.3 is 9.42 Å². The number of carbonyl (C=O) groups excluding carboxylic acids is 1. The highest BCUT2D eigenvalue weighted by molar-refractivity contribution is 5.92.